The molecule has 32 heavy (non-hydrogen) atoms. The normalized spacial score (nSPS) is 15.2. The Labute approximate surface area is 194 Å². The number of nitrogens with zero attached hydrogens (tertiary/aromatic N) is 3. The average molecular weight is 457 g/mol. The Morgan fingerprint density at radius 3 is 2.53 bits per heavy atom. The number of aromatic nitrogens is 3. The summed E-state index contributed by atoms with van der Waals surface area (Å²) in [5.41, 5.74) is 1.40. The summed E-state index contributed by atoms with van der Waals surface area (Å²) in [6.07, 6.45) is 0.988. The van der Waals surface area contributed by atoms with Crippen LogP contribution < -0.4 is 4.74 Å². The minimum absolute atomic E-state index is 0.124. The summed E-state index contributed by atoms with van der Waals surface area (Å²) in [5.74, 6) is 2.97. The first-order chi connectivity index (χ1) is 15.4. The van der Waals surface area contributed by atoms with Gasteiger partial charge >= 0.3 is 0 Å². The Balaban J connectivity index is 1.35. The Hall–Kier alpha value is -2.42. The molecule has 1 aliphatic rings. The van der Waals surface area contributed by atoms with E-state index in [-0.39, 0.29) is 5.41 Å². The van der Waals surface area contributed by atoms with Crippen LogP contribution in [0, 0.1) is 4.77 Å². The fourth-order valence-electron chi connectivity index (χ4n) is 3.77. The van der Waals surface area contributed by atoms with Crippen LogP contribution >= 0.6 is 12.2 Å². The molecule has 1 saturated heterocycles. The van der Waals surface area contributed by atoms with Gasteiger partial charge in [-0.05, 0) is 53.9 Å². The number of hydrogen-bond acceptors (Lipinski definition) is 6. The molecule has 0 amide bonds. The van der Waals surface area contributed by atoms with E-state index in [1.54, 1.807) is 0 Å². The molecule has 2 aromatic heterocycles. The molecule has 1 aromatic carbocycles. The van der Waals surface area contributed by atoms with Gasteiger partial charge < -0.3 is 13.9 Å². The molecule has 0 atom stereocenters. The number of aromatic amines is 1. The Kier molecular flexibility index (Phi) is 7.13. The van der Waals surface area contributed by atoms with Crippen molar-refractivity contribution in [1.29, 1.82) is 0 Å². The maximum Gasteiger partial charge on any atom is 0.198 e. The van der Waals surface area contributed by atoms with Crippen molar-refractivity contribution in [2.24, 2.45) is 0 Å². The van der Waals surface area contributed by atoms with Crippen molar-refractivity contribution in [3.05, 3.63) is 52.5 Å². The third-order valence-electron chi connectivity index (χ3n) is 5.70. The van der Waals surface area contributed by atoms with E-state index in [9.17, 15) is 0 Å². The number of rotatable bonds is 8. The van der Waals surface area contributed by atoms with Crippen LogP contribution in [0.1, 0.15) is 38.5 Å². The van der Waals surface area contributed by atoms with E-state index in [4.69, 9.17) is 26.1 Å². The van der Waals surface area contributed by atoms with Crippen molar-refractivity contribution >= 4 is 12.2 Å². The molecule has 3 aromatic rings. The number of benzene rings is 1. The van der Waals surface area contributed by atoms with Gasteiger partial charge in [-0.15, -0.1) is 0 Å². The zero-order valence-corrected chi connectivity index (χ0v) is 19.9. The van der Waals surface area contributed by atoms with E-state index in [2.05, 4.69) is 48.0 Å². The molecule has 0 spiro atoms. The van der Waals surface area contributed by atoms with Crippen LogP contribution in [0.25, 0.3) is 11.6 Å². The second-order valence-electron chi connectivity index (χ2n) is 9.14. The van der Waals surface area contributed by atoms with Crippen molar-refractivity contribution in [3.63, 3.8) is 0 Å². The SMILES string of the molecule is CC(C)(C)c1ccc(OCc2ccc(-c3n[nH]c(=S)n3CCCN3CCOCC3)o2)cc1. The first kappa shape index (κ1) is 22.8. The fraction of sp³-hybridized carbons (Fsp3) is 0.500. The van der Waals surface area contributed by atoms with Crippen molar-refractivity contribution in [1.82, 2.24) is 19.7 Å². The first-order valence-electron chi connectivity index (χ1n) is 11.2. The van der Waals surface area contributed by atoms with Crippen LogP contribution in [-0.4, -0.2) is 52.5 Å². The molecular weight excluding hydrogens is 424 g/mol. The second-order valence-corrected chi connectivity index (χ2v) is 9.53. The molecule has 0 saturated carbocycles. The van der Waals surface area contributed by atoms with E-state index in [0.717, 1.165) is 63.1 Å². The van der Waals surface area contributed by atoms with Crippen molar-refractivity contribution in [3.8, 4) is 17.3 Å². The average Bonchev–Trinajstić information content (AvgIpc) is 3.39. The molecule has 0 unspecified atom stereocenters. The molecule has 8 heteroatoms. The van der Waals surface area contributed by atoms with Crippen molar-refractivity contribution in [2.45, 2.75) is 45.8 Å². The Bertz CT molecular complexity index is 1060. The third kappa shape index (κ3) is 5.68. The monoisotopic (exact) mass is 456 g/mol. The van der Waals surface area contributed by atoms with Gasteiger partial charge in [-0.25, -0.2) is 0 Å². The van der Waals surface area contributed by atoms with Gasteiger partial charge in [0.25, 0.3) is 0 Å². The summed E-state index contributed by atoms with van der Waals surface area (Å²) >= 11 is 5.45. The van der Waals surface area contributed by atoms with Gasteiger partial charge in [0, 0.05) is 26.2 Å². The lowest BCUT2D eigenvalue weighted by Crippen LogP contribution is -2.37. The lowest BCUT2D eigenvalue weighted by Gasteiger charge is -2.26. The first-order valence-corrected chi connectivity index (χ1v) is 11.6. The van der Waals surface area contributed by atoms with Crippen LogP contribution in [0.2, 0.25) is 0 Å². The van der Waals surface area contributed by atoms with E-state index < -0.39 is 0 Å². The zero-order valence-electron chi connectivity index (χ0n) is 19.1. The number of furan rings is 1. The Morgan fingerprint density at radius 2 is 1.81 bits per heavy atom. The van der Waals surface area contributed by atoms with E-state index in [1.165, 1.54) is 5.56 Å². The Morgan fingerprint density at radius 1 is 1.06 bits per heavy atom. The van der Waals surface area contributed by atoms with Gasteiger partial charge in [-0.3, -0.25) is 14.6 Å². The number of hydrogen-bond donors (Lipinski definition) is 1. The van der Waals surface area contributed by atoms with Gasteiger partial charge in [0.2, 0.25) is 0 Å². The van der Waals surface area contributed by atoms with E-state index >= 15 is 0 Å². The lowest BCUT2D eigenvalue weighted by molar-refractivity contribution is 0.0369. The molecular formula is C24H32N4O3S. The fourth-order valence-corrected chi connectivity index (χ4v) is 4.00. The number of morpholine rings is 1. The van der Waals surface area contributed by atoms with Crippen LogP contribution in [0.4, 0.5) is 0 Å². The molecule has 0 aliphatic carbocycles. The van der Waals surface area contributed by atoms with Crippen molar-refractivity contribution in [2.75, 3.05) is 32.8 Å². The molecule has 7 nitrogen and oxygen atoms in total. The van der Waals surface area contributed by atoms with E-state index in [1.807, 2.05) is 28.8 Å². The smallest absolute Gasteiger partial charge is 0.198 e. The van der Waals surface area contributed by atoms with Crippen LogP contribution in [-0.2, 0) is 23.3 Å². The number of nitrogens with one attached hydrogen (secondary N) is 1. The van der Waals surface area contributed by atoms with Crippen LogP contribution in [0.15, 0.2) is 40.8 Å². The van der Waals surface area contributed by atoms with Gasteiger partial charge in [-0.1, -0.05) is 32.9 Å². The summed E-state index contributed by atoms with van der Waals surface area (Å²) in [6, 6.07) is 12.1. The standard InChI is InChI=1S/C24H32N4O3S/c1-24(2,3)18-5-7-19(8-6-18)30-17-20-9-10-21(31-20)22-25-26-23(32)28(22)12-4-11-27-13-15-29-16-14-27/h5-10H,4,11-17H2,1-3H3,(H,26,32). The molecule has 0 bridgehead atoms. The molecule has 3 heterocycles. The maximum atomic E-state index is 6.02. The third-order valence-corrected chi connectivity index (χ3v) is 6.01. The summed E-state index contributed by atoms with van der Waals surface area (Å²) in [7, 11) is 0. The molecule has 4 rings (SSSR count). The molecule has 1 fully saturated rings. The highest BCUT2D eigenvalue weighted by atomic mass is 32.1. The second kappa shape index (κ2) is 10.0. The lowest BCUT2D eigenvalue weighted by atomic mass is 9.87. The molecule has 172 valence electrons. The number of ether oxygens (including phenoxy) is 2. The zero-order chi connectivity index (χ0) is 22.6. The largest absolute Gasteiger partial charge is 0.486 e. The van der Waals surface area contributed by atoms with Crippen LogP contribution in [0.5, 0.6) is 5.75 Å². The predicted octanol–water partition coefficient (Wildman–Crippen LogP) is 4.80. The molecule has 1 aliphatic heterocycles. The van der Waals surface area contributed by atoms with Gasteiger partial charge in [0.1, 0.15) is 18.1 Å². The van der Waals surface area contributed by atoms with Gasteiger partial charge in [0.05, 0.1) is 13.2 Å². The maximum absolute atomic E-state index is 6.02. The predicted molar refractivity (Wildman–Crippen MR) is 126 cm³/mol. The topological polar surface area (TPSA) is 68.5 Å². The summed E-state index contributed by atoms with van der Waals surface area (Å²) < 4.78 is 20.0. The van der Waals surface area contributed by atoms with E-state index in [0.29, 0.717) is 17.1 Å². The highest BCUT2D eigenvalue weighted by Gasteiger charge is 2.16. The quantitative estimate of drug-likeness (QED) is 0.491. The highest BCUT2D eigenvalue weighted by Crippen LogP contribution is 2.26. The minimum Gasteiger partial charge on any atom is -0.486 e. The summed E-state index contributed by atoms with van der Waals surface area (Å²) in [4.78, 5) is 2.42. The van der Waals surface area contributed by atoms with Crippen molar-refractivity contribution < 1.29 is 13.9 Å². The van der Waals surface area contributed by atoms with Gasteiger partial charge in [0.15, 0.2) is 16.4 Å². The van der Waals surface area contributed by atoms with Crippen LogP contribution in [0.3, 0.4) is 0 Å². The highest BCUT2D eigenvalue weighted by molar-refractivity contribution is 7.71. The number of H-pyrrole nitrogens is 1. The minimum atomic E-state index is 0.124. The van der Waals surface area contributed by atoms with Gasteiger partial charge in [-0.2, -0.15) is 5.10 Å². The summed E-state index contributed by atoms with van der Waals surface area (Å²) in [6.45, 7) is 12.4. The molecule has 0 radical (unpaired) electrons. The molecule has 1 N–H and O–H groups in total. The summed E-state index contributed by atoms with van der Waals surface area (Å²) in [5, 5.41) is 7.29.